The molecule has 0 amide bonds. The van der Waals surface area contributed by atoms with Gasteiger partial charge in [-0.05, 0) is 34.5 Å². The second kappa shape index (κ2) is 6.04. The van der Waals surface area contributed by atoms with Gasteiger partial charge in [-0.2, -0.15) is 0 Å². The van der Waals surface area contributed by atoms with Crippen molar-refractivity contribution in [3.8, 4) is 0 Å². The van der Waals surface area contributed by atoms with Crippen molar-refractivity contribution in [1.82, 2.24) is 0 Å². The Morgan fingerprint density at radius 2 is 1.88 bits per heavy atom. The van der Waals surface area contributed by atoms with Gasteiger partial charge in [-0.1, -0.05) is 37.8 Å². The highest BCUT2D eigenvalue weighted by Crippen LogP contribution is 2.32. The third-order valence-electron chi connectivity index (χ3n) is 4.85. The number of esters is 1. The van der Waals surface area contributed by atoms with Crippen LogP contribution in [-0.2, 0) is 14.2 Å². The zero-order valence-corrected chi connectivity index (χ0v) is 13.6. The van der Waals surface area contributed by atoms with Crippen LogP contribution in [0.25, 0.3) is 16.8 Å². The summed E-state index contributed by atoms with van der Waals surface area (Å²) < 4.78 is 17.1. The topological polar surface area (TPSA) is 44.8 Å². The summed E-state index contributed by atoms with van der Waals surface area (Å²) in [6, 6.07) is 11.6. The third-order valence-corrected chi connectivity index (χ3v) is 4.85. The summed E-state index contributed by atoms with van der Waals surface area (Å²) in [7, 11) is 0. The molecule has 0 saturated carbocycles. The number of carbonyl (C=O) groups excluding carboxylic acids is 1. The van der Waals surface area contributed by atoms with Gasteiger partial charge in [0.1, 0.15) is 6.10 Å². The van der Waals surface area contributed by atoms with E-state index in [0.29, 0.717) is 24.7 Å². The van der Waals surface area contributed by atoms with Gasteiger partial charge in [0.2, 0.25) is 0 Å². The zero-order valence-electron chi connectivity index (χ0n) is 13.6. The fraction of sp³-hybridized carbons (Fsp3) is 0.350. The molecule has 0 aromatic heterocycles. The number of carbonyl (C=O) groups is 1. The molecule has 4 atom stereocenters. The number of ether oxygens (including phenoxy) is 3. The molecule has 2 aliphatic heterocycles. The van der Waals surface area contributed by atoms with Crippen molar-refractivity contribution in [2.24, 2.45) is 5.92 Å². The van der Waals surface area contributed by atoms with E-state index in [4.69, 9.17) is 14.2 Å². The maximum absolute atomic E-state index is 12.5. The van der Waals surface area contributed by atoms with E-state index in [1.165, 1.54) is 0 Å². The first kappa shape index (κ1) is 15.4. The molecule has 4 rings (SSSR count). The van der Waals surface area contributed by atoms with E-state index in [1.54, 1.807) is 12.1 Å². The molecule has 2 aromatic carbocycles. The van der Waals surface area contributed by atoms with E-state index in [-0.39, 0.29) is 24.3 Å². The van der Waals surface area contributed by atoms with Gasteiger partial charge >= 0.3 is 5.97 Å². The summed E-state index contributed by atoms with van der Waals surface area (Å²) in [5.74, 6) is 0.0144. The van der Waals surface area contributed by atoms with Gasteiger partial charge in [0.05, 0.1) is 24.9 Å². The standard InChI is InChI=1S/C20H20O4/c1-3-13-4-5-15-9-16(7-6-14(15)8-13)20(21)24-17-11-23-18-12(2)10-22-19(17)18/h3-9,12,17-19H,1,10-11H2,2H3. The average Bonchev–Trinajstić information content (AvgIpc) is 3.17. The minimum Gasteiger partial charge on any atom is -0.453 e. The third kappa shape index (κ3) is 2.62. The predicted molar refractivity (Wildman–Crippen MR) is 91.9 cm³/mol. The second-order valence-corrected chi connectivity index (χ2v) is 6.54. The summed E-state index contributed by atoms with van der Waals surface area (Å²) >= 11 is 0. The first-order valence-corrected chi connectivity index (χ1v) is 8.26. The monoisotopic (exact) mass is 324 g/mol. The maximum Gasteiger partial charge on any atom is 0.338 e. The van der Waals surface area contributed by atoms with Gasteiger partial charge < -0.3 is 14.2 Å². The Balaban J connectivity index is 1.52. The van der Waals surface area contributed by atoms with Crippen LogP contribution in [0.5, 0.6) is 0 Å². The van der Waals surface area contributed by atoms with Crippen LogP contribution in [0.15, 0.2) is 43.0 Å². The van der Waals surface area contributed by atoms with E-state index in [9.17, 15) is 4.79 Å². The van der Waals surface area contributed by atoms with E-state index in [0.717, 1.165) is 16.3 Å². The van der Waals surface area contributed by atoms with Crippen LogP contribution in [-0.4, -0.2) is 37.5 Å². The van der Waals surface area contributed by atoms with Crippen LogP contribution < -0.4 is 0 Å². The first-order chi connectivity index (χ1) is 11.7. The number of hydrogen-bond donors (Lipinski definition) is 0. The fourth-order valence-electron chi connectivity index (χ4n) is 3.48. The summed E-state index contributed by atoms with van der Waals surface area (Å²) in [5, 5.41) is 2.07. The van der Waals surface area contributed by atoms with Crippen LogP contribution in [0.2, 0.25) is 0 Å². The van der Waals surface area contributed by atoms with Gasteiger partial charge in [-0.15, -0.1) is 0 Å². The minimum atomic E-state index is -0.331. The van der Waals surface area contributed by atoms with E-state index in [1.807, 2.05) is 30.3 Å². The smallest absolute Gasteiger partial charge is 0.338 e. The molecule has 24 heavy (non-hydrogen) atoms. The SMILES string of the molecule is C=Cc1ccc2cc(C(=O)OC3COC4C(C)COC34)ccc2c1. The Kier molecular flexibility index (Phi) is 3.87. The molecule has 2 aromatic rings. The molecule has 4 nitrogen and oxygen atoms in total. The Morgan fingerprint density at radius 3 is 2.71 bits per heavy atom. The lowest BCUT2D eigenvalue weighted by Crippen LogP contribution is -2.32. The van der Waals surface area contributed by atoms with Crippen LogP contribution in [0.3, 0.4) is 0 Å². The van der Waals surface area contributed by atoms with Crippen molar-refractivity contribution in [3.63, 3.8) is 0 Å². The lowest BCUT2D eigenvalue weighted by Gasteiger charge is -2.17. The van der Waals surface area contributed by atoms with Crippen molar-refractivity contribution in [2.75, 3.05) is 13.2 Å². The molecule has 2 aliphatic rings. The normalized spacial score (nSPS) is 28.7. The number of fused-ring (bicyclic) bond motifs is 2. The number of hydrogen-bond acceptors (Lipinski definition) is 4. The Bertz CT molecular complexity index is 797. The Morgan fingerprint density at radius 1 is 1.12 bits per heavy atom. The van der Waals surface area contributed by atoms with Gasteiger partial charge in [0, 0.05) is 5.92 Å². The van der Waals surface area contributed by atoms with Crippen molar-refractivity contribution >= 4 is 22.8 Å². The number of benzene rings is 2. The largest absolute Gasteiger partial charge is 0.453 e. The molecular weight excluding hydrogens is 304 g/mol. The van der Waals surface area contributed by atoms with Crippen molar-refractivity contribution in [3.05, 3.63) is 54.1 Å². The summed E-state index contributed by atoms with van der Waals surface area (Å²) in [6.45, 7) is 6.93. The molecule has 0 spiro atoms. The number of rotatable bonds is 3. The second-order valence-electron chi connectivity index (χ2n) is 6.54. The van der Waals surface area contributed by atoms with Gasteiger partial charge in [0.25, 0.3) is 0 Å². The van der Waals surface area contributed by atoms with E-state index < -0.39 is 0 Å². The first-order valence-electron chi connectivity index (χ1n) is 8.26. The lowest BCUT2D eigenvalue weighted by atomic mass is 10.0. The molecular formula is C20H20O4. The van der Waals surface area contributed by atoms with Crippen LogP contribution in [0, 0.1) is 5.92 Å². The van der Waals surface area contributed by atoms with Crippen LogP contribution in [0.1, 0.15) is 22.8 Å². The molecule has 4 heteroatoms. The maximum atomic E-state index is 12.5. The zero-order chi connectivity index (χ0) is 16.7. The van der Waals surface area contributed by atoms with Gasteiger partial charge in [-0.25, -0.2) is 4.79 Å². The lowest BCUT2D eigenvalue weighted by molar-refractivity contribution is -0.0158. The highest BCUT2D eigenvalue weighted by atomic mass is 16.6. The molecule has 0 aliphatic carbocycles. The molecule has 4 unspecified atom stereocenters. The highest BCUT2D eigenvalue weighted by molar-refractivity contribution is 5.96. The fourth-order valence-corrected chi connectivity index (χ4v) is 3.48. The van der Waals surface area contributed by atoms with Gasteiger partial charge in [-0.3, -0.25) is 0 Å². The molecule has 2 saturated heterocycles. The average molecular weight is 324 g/mol. The van der Waals surface area contributed by atoms with Crippen molar-refractivity contribution in [1.29, 1.82) is 0 Å². The van der Waals surface area contributed by atoms with E-state index in [2.05, 4.69) is 13.5 Å². The molecule has 0 radical (unpaired) electrons. The van der Waals surface area contributed by atoms with Gasteiger partial charge in [0.15, 0.2) is 6.10 Å². The van der Waals surface area contributed by atoms with E-state index >= 15 is 0 Å². The Hall–Kier alpha value is -2.17. The quantitative estimate of drug-likeness (QED) is 0.811. The van der Waals surface area contributed by atoms with Crippen LogP contribution >= 0.6 is 0 Å². The molecule has 2 fully saturated rings. The molecule has 0 N–H and O–H groups in total. The summed E-state index contributed by atoms with van der Waals surface area (Å²) in [6.07, 6.45) is 1.38. The van der Waals surface area contributed by atoms with Crippen molar-refractivity contribution < 1.29 is 19.0 Å². The minimum absolute atomic E-state index is 0.0386. The molecule has 124 valence electrons. The Labute approximate surface area is 141 Å². The van der Waals surface area contributed by atoms with Crippen molar-refractivity contribution in [2.45, 2.75) is 25.2 Å². The molecule has 0 bridgehead atoms. The highest BCUT2D eigenvalue weighted by Gasteiger charge is 2.47. The summed E-state index contributed by atoms with van der Waals surface area (Å²) in [4.78, 5) is 12.5. The predicted octanol–water partition coefficient (Wildman–Crippen LogP) is 3.44. The summed E-state index contributed by atoms with van der Waals surface area (Å²) in [5.41, 5.74) is 1.60. The van der Waals surface area contributed by atoms with Crippen LogP contribution in [0.4, 0.5) is 0 Å². The molecule has 2 heterocycles.